The normalized spacial score (nSPS) is 22.8. The molecule has 172 valence electrons. The maximum absolute atomic E-state index is 12.2. The van der Waals surface area contributed by atoms with E-state index in [2.05, 4.69) is 17.0 Å². The monoisotopic (exact) mass is 451 g/mol. The van der Waals surface area contributed by atoms with Crippen molar-refractivity contribution in [2.24, 2.45) is 0 Å². The summed E-state index contributed by atoms with van der Waals surface area (Å²) in [6.07, 6.45) is 4.72. The van der Waals surface area contributed by atoms with Crippen molar-refractivity contribution in [3.63, 3.8) is 0 Å². The fourth-order valence-corrected chi connectivity index (χ4v) is 4.88. The predicted octanol–water partition coefficient (Wildman–Crippen LogP) is 2.30. The Bertz CT molecular complexity index is 869. The summed E-state index contributed by atoms with van der Waals surface area (Å²) in [5.74, 6) is 0.845. The van der Waals surface area contributed by atoms with Gasteiger partial charge in [0, 0.05) is 58.7 Å². The van der Waals surface area contributed by atoms with Gasteiger partial charge in [0.2, 0.25) is 10.0 Å². The molecule has 0 spiro atoms. The highest BCUT2D eigenvalue weighted by Crippen LogP contribution is 2.39. The van der Waals surface area contributed by atoms with Crippen LogP contribution >= 0.6 is 0 Å². The van der Waals surface area contributed by atoms with Crippen molar-refractivity contribution < 1.29 is 22.7 Å². The highest BCUT2D eigenvalue weighted by molar-refractivity contribution is 7.88. The maximum Gasteiger partial charge on any atom is 0.410 e. The van der Waals surface area contributed by atoms with Gasteiger partial charge in [-0.25, -0.2) is 13.2 Å². The lowest BCUT2D eigenvalue weighted by atomic mass is 10.1. The molecule has 0 atom stereocenters. The van der Waals surface area contributed by atoms with E-state index in [1.165, 1.54) is 16.1 Å². The molecule has 0 aromatic heterocycles. The zero-order valence-corrected chi connectivity index (χ0v) is 19.3. The van der Waals surface area contributed by atoms with Crippen LogP contribution in [-0.2, 0) is 21.3 Å². The lowest BCUT2D eigenvalue weighted by molar-refractivity contribution is 0.0387. The van der Waals surface area contributed by atoms with Gasteiger partial charge in [-0.3, -0.25) is 4.90 Å². The fraction of sp³-hybridized carbons (Fsp3) is 0.682. The molecule has 2 saturated heterocycles. The maximum atomic E-state index is 12.2. The van der Waals surface area contributed by atoms with Crippen LogP contribution < -0.4 is 4.74 Å². The van der Waals surface area contributed by atoms with Gasteiger partial charge in [0.15, 0.2) is 0 Å². The highest BCUT2D eigenvalue weighted by Gasteiger charge is 2.43. The third kappa shape index (κ3) is 6.11. The van der Waals surface area contributed by atoms with E-state index >= 15 is 0 Å². The summed E-state index contributed by atoms with van der Waals surface area (Å²) >= 11 is 0. The number of ether oxygens (including phenoxy) is 2. The lowest BCUT2D eigenvalue weighted by Gasteiger charge is -2.33. The molecule has 31 heavy (non-hydrogen) atoms. The van der Waals surface area contributed by atoms with Crippen molar-refractivity contribution in [1.82, 2.24) is 14.1 Å². The van der Waals surface area contributed by atoms with Crippen molar-refractivity contribution in [1.29, 1.82) is 0 Å². The van der Waals surface area contributed by atoms with Crippen LogP contribution in [0.15, 0.2) is 24.3 Å². The molecule has 0 radical (unpaired) electrons. The molecule has 2 aliphatic heterocycles. The number of piperazine rings is 1. The summed E-state index contributed by atoms with van der Waals surface area (Å²) in [5, 5.41) is 0. The molecule has 3 aliphatic rings. The van der Waals surface area contributed by atoms with Gasteiger partial charge >= 0.3 is 6.09 Å². The first-order valence-electron chi connectivity index (χ1n) is 11.1. The second-order valence-corrected chi connectivity index (χ2v) is 11.2. The SMILES string of the molecule is CC1(OC(=O)N2CCC(Oc3ccc(CN4CCN(S(C)(=O)=O)CC4)cc3)CC2)CC1. The Kier molecular flexibility index (Phi) is 6.46. The summed E-state index contributed by atoms with van der Waals surface area (Å²) < 4.78 is 36.5. The van der Waals surface area contributed by atoms with Crippen molar-refractivity contribution in [2.45, 2.75) is 50.9 Å². The van der Waals surface area contributed by atoms with E-state index in [0.717, 1.165) is 51.1 Å². The summed E-state index contributed by atoms with van der Waals surface area (Å²) in [4.78, 5) is 16.3. The molecule has 3 fully saturated rings. The lowest BCUT2D eigenvalue weighted by Crippen LogP contribution is -2.47. The van der Waals surface area contributed by atoms with Crippen LogP contribution in [0.1, 0.15) is 38.2 Å². The van der Waals surface area contributed by atoms with Gasteiger partial charge in [-0.05, 0) is 37.5 Å². The Labute approximate surface area is 185 Å². The molecule has 4 rings (SSSR count). The smallest absolute Gasteiger partial charge is 0.410 e. The molecule has 1 aromatic rings. The molecular weight excluding hydrogens is 418 g/mol. The van der Waals surface area contributed by atoms with E-state index < -0.39 is 10.0 Å². The van der Waals surface area contributed by atoms with Crippen molar-refractivity contribution in [3.05, 3.63) is 29.8 Å². The Morgan fingerprint density at radius 2 is 1.65 bits per heavy atom. The van der Waals surface area contributed by atoms with E-state index in [1.807, 2.05) is 19.1 Å². The number of piperidine rings is 1. The first-order chi connectivity index (χ1) is 14.7. The summed E-state index contributed by atoms with van der Waals surface area (Å²) in [7, 11) is -3.09. The van der Waals surface area contributed by atoms with Crippen LogP contribution in [0.3, 0.4) is 0 Å². The van der Waals surface area contributed by atoms with E-state index in [1.54, 1.807) is 4.90 Å². The number of hydrogen-bond donors (Lipinski definition) is 0. The number of amides is 1. The highest BCUT2D eigenvalue weighted by atomic mass is 32.2. The standard InChI is InChI=1S/C22H33N3O5S/c1-22(9-10-22)30-21(26)24-11-7-20(8-12-24)29-19-5-3-18(4-6-19)17-23-13-15-25(16-14-23)31(2,27)28/h3-6,20H,7-17H2,1-2H3. The molecule has 0 bridgehead atoms. The van der Waals surface area contributed by atoms with Gasteiger partial charge in [-0.1, -0.05) is 12.1 Å². The Hall–Kier alpha value is -1.84. The minimum absolute atomic E-state index is 0.107. The quantitative estimate of drug-likeness (QED) is 0.660. The number of likely N-dealkylation sites (tertiary alicyclic amines) is 1. The summed E-state index contributed by atoms with van der Waals surface area (Å²) in [6, 6.07) is 8.13. The third-order valence-corrected chi connectivity index (χ3v) is 7.72. The number of carbonyl (C=O) groups excluding carboxylic acids is 1. The molecule has 1 aliphatic carbocycles. The minimum atomic E-state index is -3.09. The fourth-order valence-electron chi connectivity index (χ4n) is 4.05. The molecule has 0 N–H and O–H groups in total. The minimum Gasteiger partial charge on any atom is -0.490 e. The Morgan fingerprint density at radius 3 is 2.19 bits per heavy atom. The van der Waals surface area contributed by atoms with Crippen LogP contribution in [0.2, 0.25) is 0 Å². The Morgan fingerprint density at radius 1 is 1.03 bits per heavy atom. The first-order valence-corrected chi connectivity index (χ1v) is 13.0. The molecule has 1 amide bonds. The number of sulfonamides is 1. The molecule has 0 unspecified atom stereocenters. The second-order valence-electron chi connectivity index (χ2n) is 9.20. The molecule has 1 saturated carbocycles. The van der Waals surface area contributed by atoms with Crippen LogP contribution in [0.25, 0.3) is 0 Å². The number of carbonyl (C=O) groups is 1. The van der Waals surface area contributed by atoms with Crippen LogP contribution in [0, 0.1) is 0 Å². The number of rotatable bonds is 6. The molecule has 8 nitrogen and oxygen atoms in total. The summed E-state index contributed by atoms with van der Waals surface area (Å²) in [6.45, 7) is 6.69. The van der Waals surface area contributed by atoms with Crippen molar-refractivity contribution in [2.75, 3.05) is 45.5 Å². The topological polar surface area (TPSA) is 79.4 Å². The zero-order chi connectivity index (χ0) is 22.1. The molecule has 9 heteroatoms. The average Bonchev–Trinajstić information content (AvgIpc) is 3.46. The third-order valence-electron chi connectivity index (χ3n) is 6.42. The van der Waals surface area contributed by atoms with Crippen LogP contribution in [0.5, 0.6) is 5.75 Å². The van der Waals surface area contributed by atoms with E-state index in [9.17, 15) is 13.2 Å². The van der Waals surface area contributed by atoms with Gasteiger partial charge in [0.25, 0.3) is 0 Å². The van der Waals surface area contributed by atoms with Gasteiger partial charge in [0.05, 0.1) is 6.26 Å². The van der Waals surface area contributed by atoms with Crippen molar-refractivity contribution >= 4 is 16.1 Å². The van der Waals surface area contributed by atoms with E-state index in [4.69, 9.17) is 9.47 Å². The predicted molar refractivity (Wildman–Crippen MR) is 117 cm³/mol. The van der Waals surface area contributed by atoms with E-state index in [-0.39, 0.29) is 17.8 Å². The number of nitrogens with zero attached hydrogens (tertiary/aromatic N) is 3. The van der Waals surface area contributed by atoms with Crippen molar-refractivity contribution in [3.8, 4) is 5.75 Å². The first kappa shape index (κ1) is 22.4. The largest absolute Gasteiger partial charge is 0.490 e. The van der Waals surface area contributed by atoms with Gasteiger partial charge < -0.3 is 14.4 Å². The number of hydrogen-bond acceptors (Lipinski definition) is 6. The Balaban J connectivity index is 1.19. The molecule has 1 aromatic carbocycles. The average molecular weight is 452 g/mol. The summed E-state index contributed by atoms with van der Waals surface area (Å²) in [5.41, 5.74) is 0.958. The van der Waals surface area contributed by atoms with E-state index in [0.29, 0.717) is 26.2 Å². The molecule has 2 heterocycles. The number of benzene rings is 1. The molecular formula is C22H33N3O5S. The van der Waals surface area contributed by atoms with Crippen LogP contribution in [-0.4, -0.2) is 85.8 Å². The van der Waals surface area contributed by atoms with Gasteiger partial charge in [-0.15, -0.1) is 0 Å². The van der Waals surface area contributed by atoms with Gasteiger partial charge in [0.1, 0.15) is 17.5 Å². The van der Waals surface area contributed by atoms with Gasteiger partial charge in [-0.2, -0.15) is 4.31 Å². The van der Waals surface area contributed by atoms with Crippen LogP contribution in [0.4, 0.5) is 4.79 Å². The second kappa shape index (κ2) is 8.96. The zero-order valence-electron chi connectivity index (χ0n) is 18.5.